The molecule has 0 amide bonds. The summed E-state index contributed by atoms with van der Waals surface area (Å²) in [5.74, 6) is 0.234. The van der Waals surface area contributed by atoms with Crippen LogP contribution in [0.4, 0.5) is 10.1 Å². The molecule has 2 heterocycles. The molecule has 0 fully saturated rings. The van der Waals surface area contributed by atoms with Crippen LogP contribution in [0.15, 0.2) is 38.6 Å². The van der Waals surface area contributed by atoms with Crippen molar-refractivity contribution in [3.63, 3.8) is 0 Å². The highest BCUT2D eigenvalue weighted by molar-refractivity contribution is 9.10. The Bertz CT molecular complexity index is 740. The Hall–Kier alpha value is -1.73. The molecule has 1 aromatic carbocycles. The van der Waals surface area contributed by atoms with Crippen molar-refractivity contribution >= 4 is 33.0 Å². The monoisotopic (exact) mass is 339 g/mol. The highest BCUT2D eigenvalue weighted by Crippen LogP contribution is 2.30. The van der Waals surface area contributed by atoms with E-state index in [0.29, 0.717) is 11.4 Å². The fourth-order valence-electron chi connectivity index (χ4n) is 1.53. The van der Waals surface area contributed by atoms with Crippen molar-refractivity contribution in [1.29, 1.82) is 0 Å². The Labute approximate surface area is 120 Å². The van der Waals surface area contributed by atoms with Crippen molar-refractivity contribution in [3.05, 3.63) is 39.9 Å². The van der Waals surface area contributed by atoms with Gasteiger partial charge in [-0.15, -0.1) is 11.3 Å². The van der Waals surface area contributed by atoms with E-state index in [-0.39, 0.29) is 11.6 Å². The first-order chi connectivity index (χ1) is 9.13. The summed E-state index contributed by atoms with van der Waals surface area (Å²) in [5, 5.41) is 5.80. The lowest BCUT2D eigenvalue weighted by Crippen LogP contribution is -1.90. The van der Waals surface area contributed by atoms with Gasteiger partial charge in [0.2, 0.25) is 5.82 Å². The third kappa shape index (κ3) is 2.39. The average Bonchev–Trinajstić information content (AvgIpc) is 3.01. The van der Waals surface area contributed by atoms with Crippen LogP contribution in [-0.2, 0) is 0 Å². The van der Waals surface area contributed by atoms with E-state index in [1.54, 1.807) is 6.07 Å². The highest BCUT2D eigenvalue weighted by atomic mass is 79.9. The van der Waals surface area contributed by atoms with Crippen LogP contribution in [0.3, 0.4) is 0 Å². The first-order valence-corrected chi connectivity index (χ1v) is 6.94. The maximum atomic E-state index is 13.4. The number of hydrogen-bond acceptors (Lipinski definition) is 5. The Kier molecular flexibility index (Phi) is 3.08. The van der Waals surface area contributed by atoms with Crippen LogP contribution in [0.1, 0.15) is 0 Å². The van der Waals surface area contributed by atoms with Gasteiger partial charge in [0.15, 0.2) is 0 Å². The van der Waals surface area contributed by atoms with Gasteiger partial charge in [0.1, 0.15) is 5.82 Å². The zero-order valence-corrected chi connectivity index (χ0v) is 11.8. The van der Waals surface area contributed by atoms with Gasteiger partial charge in [-0.05, 0) is 40.2 Å². The first-order valence-electron chi connectivity index (χ1n) is 5.27. The number of nitrogens with zero attached hydrogens (tertiary/aromatic N) is 2. The van der Waals surface area contributed by atoms with E-state index in [1.807, 2.05) is 11.4 Å². The summed E-state index contributed by atoms with van der Waals surface area (Å²) in [7, 11) is 0. The van der Waals surface area contributed by atoms with Gasteiger partial charge < -0.3 is 10.3 Å². The van der Waals surface area contributed by atoms with Crippen molar-refractivity contribution in [2.24, 2.45) is 0 Å². The first kappa shape index (κ1) is 12.3. The zero-order valence-electron chi connectivity index (χ0n) is 9.43. The minimum absolute atomic E-state index is 0.0886. The second-order valence-corrected chi connectivity index (χ2v) is 5.62. The smallest absolute Gasteiger partial charge is 0.258 e. The Morgan fingerprint density at radius 2 is 2.16 bits per heavy atom. The predicted molar refractivity (Wildman–Crippen MR) is 75.1 cm³/mol. The number of nitrogens with two attached hydrogens (primary N) is 1. The summed E-state index contributed by atoms with van der Waals surface area (Å²) in [5.41, 5.74) is 6.01. The number of nitrogen functional groups attached to an aromatic ring is 1. The zero-order chi connectivity index (χ0) is 13.4. The van der Waals surface area contributed by atoms with Crippen LogP contribution in [0.5, 0.6) is 0 Å². The van der Waals surface area contributed by atoms with Crippen molar-refractivity contribution in [3.8, 4) is 22.2 Å². The molecule has 0 saturated carbocycles. The lowest BCUT2D eigenvalue weighted by atomic mass is 10.2. The number of aromatic nitrogens is 2. The molecule has 19 heavy (non-hydrogen) atoms. The number of rotatable bonds is 2. The number of benzene rings is 1. The molecule has 0 saturated heterocycles. The molecule has 0 aliphatic heterocycles. The third-order valence-electron chi connectivity index (χ3n) is 2.46. The van der Waals surface area contributed by atoms with Gasteiger partial charge in [0.05, 0.1) is 10.6 Å². The van der Waals surface area contributed by atoms with Crippen molar-refractivity contribution in [2.45, 2.75) is 0 Å². The molecular weight excluding hydrogens is 333 g/mol. The van der Waals surface area contributed by atoms with Crippen molar-refractivity contribution in [2.75, 3.05) is 5.73 Å². The summed E-state index contributed by atoms with van der Waals surface area (Å²) in [6.45, 7) is 0. The summed E-state index contributed by atoms with van der Waals surface area (Å²) in [4.78, 5) is 5.11. The van der Waals surface area contributed by atoms with E-state index in [1.165, 1.54) is 23.5 Å². The minimum atomic E-state index is -0.504. The van der Waals surface area contributed by atoms with Crippen LogP contribution < -0.4 is 5.73 Å². The van der Waals surface area contributed by atoms with E-state index < -0.39 is 5.82 Å². The van der Waals surface area contributed by atoms with E-state index >= 15 is 0 Å². The molecule has 0 aliphatic carbocycles. The average molecular weight is 340 g/mol. The Morgan fingerprint density at radius 1 is 1.32 bits per heavy atom. The van der Waals surface area contributed by atoms with Crippen molar-refractivity contribution < 1.29 is 8.91 Å². The lowest BCUT2D eigenvalue weighted by molar-refractivity contribution is 0.432. The number of anilines is 1. The Balaban J connectivity index is 1.98. The van der Waals surface area contributed by atoms with E-state index in [2.05, 4.69) is 26.1 Å². The van der Waals surface area contributed by atoms with Gasteiger partial charge in [0, 0.05) is 15.4 Å². The van der Waals surface area contributed by atoms with E-state index in [0.717, 1.165) is 9.35 Å². The molecule has 2 N–H and O–H groups in total. The third-order valence-corrected chi connectivity index (χ3v) is 4.15. The topological polar surface area (TPSA) is 64.9 Å². The van der Waals surface area contributed by atoms with Gasteiger partial charge in [-0.2, -0.15) is 4.98 Å². The molecule has 2 aromatic heterocycles. The molecule has 0 bridgehead atoms. The molecule has 96 valence electrons. The molecule has 3 aromatic rings. The van der Waals surface area contributed by atoms with E-state index in [9.17, 15) is 4.39 Å². The number of thiophene rings is 1. The second kappa shape index (κ2) is 4.75. The molecule has 0 atom stereocenters. The summed E-state index contributed by atoms with van der Waals surface area (Å²) in [6, 6.07) is 6.27. The van der Waals surface area contributed by atoms with Gasteiger partial charge in [-0.1, -0.05) is 5.16 Å². The lowest BCUT2D eigenvalue weighted by Gasteiger charge is -1.97. The van der Waals surface area contributed by atoms with Crippen LogP contribution >= 0.6 is 27.3 Å². The largest absolute Gasteiger partial charge is 0.396 e. The van der Waals surface area contributed by atoms with Crippen molar-refractivity contribution in [1.82, 2.24) is 10.1 Å². The summed E-state index contributed by atoms with van der Waals surface area (Å²) in [6.07, 6.45) is 0. The predicted octanol–water partition coefficient (Wildman–Crippen LogP) is 3.95. The molecule has 0 aliphatic rings. The second-order valence-electron chi connectivity index (χ2n) is 3.79. The minimum Gasteiger partial charge on any atom is -0.396 e. The molecular formula is C12H7BrFN3OS. The molecule has 0 radical (unpaired) electrons. The van der Waals surface area contributed by atoms with Crippen LogP contribution in [-0.4, -0.2) is 10.1 Å². The summed E-state index contributed by atoms with van der Waals surface area (Å²) >= 11 is 4.85. The van der Waals surface area contributed by atoms with Gasteiger partial charge >= 0.3 is 0 Å². The molecule has 0 unspecified atom stereocenters. The maximum Gasteiger partial charge on any atom is 0.258 e. The molecule has 4 nitrogen and oxygen atoms in total. The molecule has 7 heteroatoms. The van der Waals surface area contributed by atoms with Gasteiger partial charge in [-0.3, -0.25) is 0 Å². The number of hydrogen-bond donors (Lipinski definition) is 1. The van der Waals surface area contributed by atoms with E-state index in [4.69, 9.17) is 10.3 Å². The fourth-order valence-corrected chi connectivity index (χ4v) is 2.88. The molecule has 0 spiro atoms. The SMILES string of the molecule is Nc1ccc(-c2nc(-c3cc(Br)cs3)no2)cc1F. The number of halogens is 2. The Morgan fingerprint density at radius 3 is 2.84 bits per heavy atom. The molecule has 3 rings (SSSR count). The normalized spacial score (nSPS) is 10.8. The van der Waals surface area contributed by atoms with Gasteiger partial charge in [-0.25, -0.2) is 4.39 Å². The van der Waals surface area contributed by atoms with Crippen LogP contribution in [0.25, 0.3) is 22.2 Å². The van der Waals surface area contributed by atoms with Crippen LogP contribution in [0, 0.1) is 5.82 Å². The quantitative estimate of drug-likeness (QED) is 0.718. The fraction of sp³-hybridized carbons (Fsp3) is 0. The standard InChI is InChI=1S/C12H7BrFN3OS/c13-7-4-10(19-5-7)11-16-12(18-17-11)6-1-2-9(15)8(14)3-6/h1-5H,15H2. The van der Waals surface area contributed by atoms with Crippen LogP contribution in [0.2, 0.25) is 0 Å². The summed E-state index contributed by atoms with van der Waals surface area (Å²) < 4.78 is 19.5. The highest BCUT2D eigenvalue weighted by Gasteiger charge is 2.13. The van der Waals surface area contributed by atoms with Gasteiger partial charge in [0.25, 0.3) is 5.89 Å². The maximum absolute atomic E-state index is 13.4.